The average molecular weight is 374 g/mol. The largest absolute Gasteiger partial charge is 0.381 e. The van der Waals surface area contributed by atoms with E-state index in [4.69, 9.17) is 11.6 Å². The summed E-state index contributed by atoms with van der Waals surface area (Å²) in [7, 11) is 0. The number of hydrogen-bond acceptors (Lipinski definition) is 3. The van der Waals surface area contributed by atoms with Crippen LogP contribution < -0.4 is 5.32 Å². The van der Waals surface area contributed by atoms with E-state index in [1.165, 1.54) is 12.1 Å². The molecular formula is C20H21ClFN3O. The fourth-order valence-corrected chi connectivity index (χ4v) is 4.07. The summed E-state index contributed by atoms with van der Waals surface area (Å²) in [6.45, 7) is 1.32. The van der Waals surface area contributed by atoms with Crippen LogP contribution in [0.1, 0.15) is 40.9 Å². The first-order valence-corrected chi connectivity index (χ1v) is 9.47. The second kappa shape index (κ2) is 7.23. The molecule has 0 saturated carbocycles. The molecule has 1 N–H and O–H groups in total. The zero-order valence-corrected chi connectivity index (χ0v) is 15.2. The number of piperidine rings is 1. The smallest absolute Gasteiger partial charge is 0.257 e. The molecule has 1 saturated heterocycles. The Morgan fingerprint density at radius 1 is 1.23 bits per heavy atom. The number of carbonyl (C=O) groups excluding carboxylic acids is 1. The third-order valence-corrected chi connectivity index (χ3v) is 5.45. The second-order valence-corrected chi connectivity index (χ2v) is 7.39. The van der Waals surface area contributed by atoms with Gasteiger partial charge in [0.05, 0.1) is 5.56 Å². The van der Waals surface area contributed by atoms with Crippen molar-refractivity contribution < 1.29 is 9.18 Å². The van der Waals surface area contributed by atoms with Crippen LogP contribution in [0.5, 0.6) is 0 Å². The first-order chi connectivity index (χ1) is 12.6. The van der Waals surface area contributed by atoms with Gasteiger partial charge in [0.25, 0.3) is 5.91 Å². The van der Waals surface area contributed by atoms with E-state index in [-0.39, 0.29) is 17.8 Å². The van der Waals surface area contributed by atoms with Gasteiger partial charge in [-0.25, -0.2) is 9.37 Å². The topological polar surface area (TPSA) is 45.2 Å². The lowest BCUT2D eigenvalue weighted by Crippen LogP contribution is -2.45. The Morgan fingerprint density at radius 2 is 2.04 bits per heavy atom. The first-order valence-electron chi connectivity index (χ1n) is 9.10. The number of carbonyl (C=O) groups is 1. The number of rotatable bonds is 3. The van der Waals surface area contributed by atoms with Gasteiger partial charge in [-0.3, -0.25) is 4.79 Å². The molecule has 1 atom stereocenters. The number of fused-ring (bicyclic) bond motifs is 1. The summed E-state index contributed by atoms with van der Waals surface area (Å²) >= 11 is 6.29. The Kier molecular flexibility index (Phi) is 4.81. The highest BCUT2D eigenvalue weighted by molar-refractivity contribution is 6.32. The summed E-state index contributed by atoms with van der Waals surface area (Å²) < 4.78 is 13.1. The molecule has 2 aromatic rings. The monoisotopic (exact) mass is 373 g/mol. The van der Waals surface area contributed by atoms with Gasteiger partial charge in [0.15, 0.2) is 0 Å². The van der Waals surface area contributed by atoms with Crippen LogP contribution in [0.15, 0.2) is 30.3 Å². The number of halogens is 2. The van der Waals surface area contributed by atoms with E-state index in [9.17, 15) is 9.18 Å². The van der Waals surface area contributed by atoms with E-state index in [0.29, 0.717) is 23.8 Å². The Hall–Kier alpha value is -2.14. The summed E-state index contributed by atoms with van der Waals surface area (Å²) in [6, 6.07) is 8.37. The Morgan fingerprint density at radius 3 is 2.85 bits per heavy atom. The average Bonchev–Trinajstić information content (AvgIpc) is 3.10. The number of anilines is 1. The van der Waals surface area contributed by atoms with Crippen molar-refractivity contribution >= 4 is 23.2 Å². The molecule has 1 aromatic carbocycles. The molecule has 1 aromatic heterocycles. The minimum absolute atomic E-state index is 0.0530. The Bertz CT molecular complexity index is 825. The van der Waals surface area contributed by atoms with Gasteiger partial charge in [0.1, 0.15) is 11.0 Å². The molecule has 1 aliphatic carbocycles. The third kappa shape index (κ3) is 3.54. The van der Waals surface area contributed by atoms with Gasteiger partial charge in [0, 0.05) is 30.5 Å². The van der Waals surface area contributed by atoms with E-state index < -0.39 is 0 Å². The molecule has 6 heteroatoms. The van der Waals surface area contributed by atoms with Gasteiger partial charge in [-0.15, -0.1) is 0 Å². The van der Waals surface area contributed by atoms with Crippen LogP contribution in [0.4, 0.5) is 10.1 Å². The predicted molar refractivity (Wildman–Crippen MR) is 100 cm³/mol. The normalized spacial score (nSPS) is 19.3. The van der Waals surface area contributed by atoms with Crippen molar-refractivity contribution in [3.8, 4) is 0 Å². The SMILES string of the molecule is O=C(c1cc2c(nc1Cl)CCC2)N1CCC[C@H](Nc2ccc(F)cc2)C1. The van der Waals surface area contributed by atoms with E-state index in [0.717, 1.165) is 49.0 Å². The zero-order valence-electron chi connectivity index (χ0n) is 14.5. The van der Waals surface area contributed by atoms with Crippen LogP contribution >= 0.6 is 11.6 Å². The Balaban J connectivity index is 1.47. The molecule has 0 bridgehead atoms. The number of aromatic nitrogens is 1. The summed E-state index contributed by atoms with van der Waals surface area (Å²) in [5, 5.41) is 3.70. The maximum absolute atomic E-state index is 13.1. The molecule has 2 aliphatic rings. The van der Waals surface area contributed by atoms with Crippen LogP contribution in [0.2, 0.25) is 5.15 Å². The molecule has 26 heavy (non-hydrogen) atoms. The molecule has 1 amide bonds. The molecule has 1 fully saturated rings. The molecule has 136 valence electrons. The first kappa shape index (κ1) is 17.3. The van der Waals surface area contributed by atoms with Crippen LogP contribution in [0, 0.1) is 5.82 Å². The number of amides is 1. The van der Waals surface area contributed by atoms with Gasteiger partial charge in [-0.1, -0.05) is 11.6 Å². The molecule has 0 unspecified atom stereocenters. The van der Waals surface area contributed by atoms with Crippen molar-refractivity contribution in [2.24, 2.45) is 0 Å². The minimum Gasteiger partial charge on any atom is -0.381 e. The van der Waals surface area contributed by atoms with Gasteiger partial charge < -0.3 is 10.2 Å². The molecule has 0 spiro atoms. The van der Waals surface area contributed by atoms with E-state index in [2.05, 4.69) is 10.3 Å². The number of aryl methyl sites for hydroxylation is 2. The Labute approximate surface area is 157 Å². The van der Waals surface area contributed by atoms with E-state index >= 15 is 0 Å². The van der Waals surface area contributed by atoms with Crippen LogP contribution in [-0.2, 0) is 12.8 Å². The fraction of sp³-hybridized carbons (Fsp3) is 0.400. The lowest BCUT2D eigenvalue weighted by atomic mass is 10.0. The van der Waals surface area contributed by atoms with Crippen molar-refractivity contribution in [1.82, 2.24) is 9.88 Å². The van der Waals surface area contributed by atoms with Crippen molar-refractivity contribution in [3.05, 3.63) is 58.1 Å². The minimum atomic E-state index is -0.255. The van der Waals surface area contributed by atoms with Crippen molar-refractivity contribution in [1.29, 1.82) is 0 Å². The highest BCUT2D eigenvalue weighted by Crippen LogP contribution is 2.27. The van der Waals surface area contributed by atoms with Gasteiger partial charge >= 0.3 is 0 Å². The second-order valence-electron chi connectivity index (χ2n) is 7.03. The molecule has 4 rings (SSSR count). The van der Waals surface area contributed by atoms with Crippen molar-refractivity contribution in [2.45, 2.75) is 38.1 Å². The standard InChI is InChI=1S/C20H21ClFN3O/c21-19-17(11-13-3-1-5-18(13)24-19)20(26)25-10-2-4-16(12-25)23-15-8-6-14(22)7-9-15/h6-9,11,16,23H,1-5,10,12H2/t16-/m0/s1. The summed E-state index contributed by atoms with van der Waals surface area (Å²) in [5.41, 5.74) is 3.55. The van der Waals surface area contributed by atoms with Crippen LogP contribution in [-0.4, -0.2) is 34.9 Å². The number of likely N-dealkylation sites (tertiary alicyclic amines) is 1. The third-order valence-electron chi connectivity index (χ3n) is 5.16. The zero-order chi connectivity index (χ0) is 18.1. The maximum atomic E-state index is 13.1. The molecule has 0 radical (unpaired) electrons. The van der Waals surface area contributed by atoms with Crippen LogP contribution in [0.25, 0.3) is 0 Å². The highest BCUT2D eigenvalue weighted by atomic mass is 35.5. The molecule has 4 nitrogen and oxygen atoms in total. The van der Waals surface area contributed by atoms with E-state index in [1.807, 2.05) is 11.0 Å². The van der Waals surface area contributed by atoms with Crippen molar-refractivity contribution in [3.63, 3.8) is 0 Å². The number of nitrogens with zero attached hydrogens (tertiary/aromatic N) is 2. The number of hydrogen-bond donors (Lipinski definition) is 1. The summed E-state index contributed by atoms with van der Waals surface area (Å²) in [5.74, 6) is -0.308. The molecule has 1 aliphatic heterocycles. The molecular weight excluding hydrogens is 353 g/mol. The van der Waals surface area contributed by atoms with Crippen molar-refractivity contribution in [2.75, 3.05) is 18.4 Å². The van der Waals surface area contributed by atoms with Gasteiger partial charge in [-0.05, 0) is 68.0 Å². The van der Waals surface area contributed by atoms with E-state index in [1.54, 1.807) is 12.1 Å². The number of nitrogens with one attached hydrogen (secondary N) is 1. The quantitative estimate of drug-likeness (QED) is 0.824. The number of benzene rings is 1. The van der Waals surface area contributed by atoms with Gasteiger partial charge in [-0.2, -0.15) is 0 Å². The van der Waals surface area contributed by atoms with Gasteiger partial charge in [0.2, 0.25) is 0 Å². The maximum Gasteiger partial charge on any atom is 0.257 e. The summed E-state index contributed by atoms with van der Waals surface area (Å²) in [4.78, 5) is 19.3. The lowest BCUT2D eigenvalue weighted by molar-refractivity contribution is 0.0714. The molecule has 2 heterocycles. The summed E-state index contributed by atoms with van der Waals surface area (Å²) in [6.07, 6.45) is 4.87. The van der Waals surface area contributed by atoms with Crippen LogP contribution in [0.3, 0.4) is 0 Å². The number of pyridine rings is 1. The lowest BCUT2D eigenvalue weighted by Gasteiger charge is -2.34. The highest BCUT2D eigenvalue weighted by Gasteiger charge is 2.27. The fourth-order valence-electron chi connectivity index (χ4n) is 3.83. The predicted octanol–water partition coefficient (Wildman–Crippen LogP) is 4.08.